The van der Waals surface area contributed by atoms with Gasteiger partial charge in [0.15, 0.2) is 0 Å². The lowest BCUT2D eigenvalue weighted by atomic mass is 10.0. The number of amides is 3. The van der Waals surface area contributed by atoms with Crippen LogP contribution in [0, 0.1) is 0 Å². The van der Waals surface area contributed by atoms with Crippen molar-refractivity contribution in [1.82, 2.24) is 25.9 Å². The van der Waals surface area contributed by atoms with Crippen LogP contribution in [0.25, 0.3) is 0 Å². The van der Waals surface area contributed by atoms with Crippen LogP contribution in [0.4, 0.5) is 0 Å². The number of phenols is 1. The van der Waals surface area contributed by atoms with Gasteiger partial charge in [-0.2, -0.15) is 0 Å². The number of carbonyl (C=O) groups is 4. The first-order chi connectivity index (χ1) is 18.2. The Hall–Kier alpha value is -4.71. The molecule has 0 fully saturated rings. The molecule has 0 bridgehead atoms. The highest BCUT2D eigenvalue weighted by atomic mass is 16.4. The van der Waals surface area contributed by atoms with Gasteiger partial charge < -0.3 is 36.9 Å². The Labute approximate surface area is 218 Å². The lowest BCUT2D eigenvalue weighted by Gasteiger charge is -2.21. The molecule has 2 aromatic carbocycles. The van der Waals surface area contributed by atoms with Crippen LogP contribution in [-0.2, 0) is 38.4 Å². The molecule has 200 valence electrons. The Bertz CT molecular complexity index is 1220. The quantitative estimate of drug-likeness (QED) is 0.158. The van der Waals surface area contributed by atoms with Crippen LogP contribution in [0.1, 0.15) is 16.8 Å². The molecule has 0 saturated heterocycles. The summed E-state index contributed by atoms with van der Waals surface area (Å²) in [6.45, 7) is -0.494. The number of benzene rings is 2. The topological polar surface area (TPSA) is 200 Å². The summed E-state index contributed by atoms with van der Waals surface area (Å²) in [5.41, 5.74) is 8.09. The highest BCUT2D eigenvalue weighted by Gasteiger charge is 2.26. The molecule has 12 heteroatoms. The monoisotopic (exact) mass is 522 g/mol. The summed E-state index contributed by atoms with van der Waals surface area (Å²) in [5, 5.41) is 26.3. The van der Waals surface area contributed by atoms with E-state index in [2.05, 4.69) is 25.9 Å². The van der Waals surface area contributed by atoms with E-state index in [0.29, 0.717) is 5.69 Å². The first kappa shape index (κ1) is 27.9. The second-order valence-electron chi connectivity index (χ2n) is 8.69. The van der Waals surface area contributed by atoms with E-state index in [0.717, 1.165) is 11.1 Å². The van der Waals surface area contributed by atoms with Crippen molar-refractivity contribution in [2.75, 3.05) is 6.54 Å². The van der Waals surface area contributed by atoms with E-state index in [-0.39, 0.29) is 25.0 Å². The van der Waals surface area contributed by atoms with Crippen molar-refractivity contribution in [3.05, 3.63) is 83.9 Å². The number of nitrogens with zero attached hydrogens (tertiary/aromatic N) is 1. The number of carboxylic acids is 1. The van der Waals surface area contributed by atoms with Gasteiger partial charge in [-0.3, -0.25) is 14.4 Å². The molecule has 0 aliphatic carbocycles. The summed E-state index contributed by atoms with van der Waals surface area (Å²) in [5.74, 6) is -3.06. The number of hydrogen-bond acceptors (Lipinski definition) is 7. The average Bonchev–Trinajstić information content (AvgIpc) is 3.41. The second-order valence-corrected chi connectivity index (χ2v) is 8.69. The molecule has 3 rings (SSSR count). The molecule has 3 atom stereocenters. The number of carbonyl (C=O) groups excluding carboxylic acids is 3. The molecule has 3 unspecified atom stereocenters. The molecular formula is C26H30N6O6. The van der Waals surface area contributed by atoms with Crippen LogP contribution >= 0.6 is 0 Å². The van der Waals surface area contributed by atoms with Crippen molar-refractivity contribution in [3.63, 3.8) is 0 Å². The molecule has 12 nitrogen and oxygen atoms in total. The SMILES string of the molecule is NC(Cc1ccc(O)cc1)C(=O)NC(Cc1ccccc1)C(=O)NCC(=O)NC(Cc1cnc[nH]1)C(=O)O. The highest BCUT2D eigenvalue weighted by molar-refractivity contribution is 5.92. The zero-order valence-corrected chi connectivity index (χ0v) is 20.5. The number of nitrogens with one attached hydrogen (secondary N) is 4. The van der Waals surface area contributed by atoms with E-state index in [1.54, 1.807) is 36.4 Å². The van der Waals surface area contributed by atoms with Crippen molar-refractivity contribution < 1.29 is 29.4 Å². The summed E-state index contributed by atoms with van der Waals surface area (Å²) in [6.07, 6.45) is 3.16. The van der Waals surface area contributed by atoms with Crippen molar-refractivity contribution in [2.24, 2.45) is 5.73 Å². The number of rotatable bonds is 13. The molecule has 1 heterocycles. The molecule has 0 aliphatic heterocycles. The first-order valence-corrected chi connectivity index (χ1v) is 11.9. The zero-order chi connectivity index (χ0) is 27.5. The van der Waals surface area contributed by atoms with Gasteiger partial charge in [-0.1, -0.05) is 42.5 Å². The number of carboxylic acid groups (broad SMARTS) is 1. The van der Waals surface area contributed by atoms with Gasteiger partial charge in [0.1, 0.15) is 17.8 Å². The molecule has 38 heavy (non-hydrogen) atoms. The molecule has 0 saturated carbocycles. The van der Waals surface area contributed by atoms with E-state index in [1.165, 1.54) is 24.7 Å². The third-order valence-corrected chi connectivity index (χ3v) is 5.68. The fourth-order valence-corrected chi connectivity index (χ4v) is 3.67. The van der Waals surface area contributed by atoms with Crippen LogP contribution in [0.5, 0.6) is 5.75 Å². The minimum Gasteiger partial charge on any atom is -0.508 e. The van der Waals surface area contributed by atoms with Gasteiger partial charge >= 0.3 is 5.97 Å². The lowest BCUT2D eigenvalue weighted by Crippen LogP contribution is -2.54. The van der Waals surface area contributed by atoms with Gasteiger partial charge in [-0.25, -0.2) is 9.78 Å². The molecule has 3 aromatic rings. The third kappa shape index (κ3) is 8.75. The van der Waals surface area contributed by atoms with Crippen LogP contribution in [0.15, 0.2) is 67.1 Å². The van der Waals surface area contributed by atoms with Crippen molar-refractivity contribution in [2.45, 2.75) is 37.4 Å². The van der Waals surface area contributed by atoms with Gasteiger partial charge in [-0.15, -0.1) is 0 Å². The van der Waals surface area contributed by atoms with Crippen LogP contribution in [0.2, 0.25) is 0 Å². The minimum absolute atomic E-state index is 0.0133. The fourth-order valence-electron chi connectivity index (χ4n) is 3.67. The molecule has 0 spiro atoms. The first-order valence-electron chi connectivity index (χ1n) is 11.9. The zero-order valence-electron chi connectivity index (χ0n) is 20.5. The number of aliphatic carboxylic acids is 1. The fraction of sp³-hybridized carbons (Fsp3) is 0.269. The number of aromatic hydroxyl groups is 1. The Balaban J connectivity index is 1.60. The number of aromatic amines is 1. The highest BCUT2D eigenvalue weighted by Crippen LogP contribution is 2.11. The molecule has 0 radical (unpaired) electrons. The normalized spacial score (nSPS) is 13.1. The third-order valence-electron chi connectivity index (χ3n) is 5.68. The number of hydrogen-bond donors (Lipinski definition) is 7. The maximum atomic E-state index is 13.0. The van der Waals surface area contributed by atoms with E-state index < -0.39 is 48.4 Å². The van der Waals surface area contributed by atoms with Gasteiger partial charge in [-0.05, 0) is 29.7 Å². The number of aromatic nitrogens is 2. The Morgan fingerprint density at radius 1 is 0.868 bits per heavy atom. The Morgan fingerprint density at radius 2 is 1.55 bits per heavy atom. The van der Waals surface area contributed by atoms with E-state index >= 15 is 0 Å². The standard InChI is InChI=1S/C26H30N6O6/c27-20(10-17-6-8-19(33)9-7-17)24(35)32-21(11-16-4-2-1-3-5-16)25(36)29-14-23(34)31-22(26(37)38)12-18-13-28-15-30-18/h1-9,13,15,20-22,33H,10-12,14,27H2,(H,28,30)(H,29,36)(H,31,34)(H,32,35)(H,37,38). The van der Waals surface area contributed by atoms with Gasteiger partial charge in [0.25, 0.3) is 0 Å². The maximum absolute atomic E-state index is 13.0. The number of imidazole rings is 1. The summed E-state index contributed by atoms with van der Waals surface area (Å²) >= 11 is 0. The van der Waals surface area contributed by atoms with Crippen molar-refractivity contribution in [1.29, 1.82) is 0 Å². The Morgan fingerprint density at radius 3 is 2.18 bits per heavy atom. The Kier molecular flexibility index (Phi) is 9.94. The number of nitrogens with two attached hydrogens (primary N) is 1. The molecular weight excluding hydrogens is 492 g/mol. The predicted octanol–water partition coefficient (Wildman–Crippen LogP) is -0.359. The van der Waals surface area contributed by atoms with Gasteiger partial charge in [0, 0.05) is 24.7 Å². The van der Waals surface area contributed by atoms with E-state index in [1.807, 2.05) is 6.07 Å². The predicted molar refractivity (Wildman–Crippen MR) is 137 cm³/mol. The van der Waals surface area contributed by atoms with E-state index in [9.17, 15) is 29.4 Å². The van der Waals surface area contributed by atoms with Crippen LogP contribution < -0.4 is 21.7 Å². The maximum Gasteiger partial charge on any atom is 0.326 e. The summed E-state index contributed by atoms with van der Waals surface area (Å²) in [7, 11) is 0. The van der Waals surface area contributed by atoms with Crippen molar-refractivity contribution >= 4 is 23.7 Å². The van der Waals surface area contributed by atoms with Crippen molar-refractivity contribution in [3.8, 4) is 5.75 Å². The second kappa shape index (κ2) is 13.6. The van der Waals surface area contributed by atoms with Gasteiger partial charge in [0.05, 0.1) is 18.9 Å². The molecule has 1 aromatic heterocycles. The summed E-state index contributed by atoms with van der Waals surface area (Å²) in [4.78, 5) is 56.3. The van der Waals surface area contributed by atoms with Crippen LogP contribution in [-0.4, -0.2) is 68.5 Å². The smallest absolute Gasteiger partial charge is 0.326 e. The molecule has 0 aliphatic rings. The molecule has 3 amide bonds. The van der Waals surface area contributed by atoms with E-state index in [4.69, 9.17) is 5.73 Å². The van der Waals surface area contributed by atoms with Crippen LogP contribution in [0.3, 0.4) is 0 Å². The average molecular weight is 523 g/mol. The molecule has 8 N–H and O–H groups in total. The number of phenolic OH excluding ortho intramolecular Hbond substituents is 1. The minimum atomic E-state index is -1.24. The summed E-state index contributed by atoms with van der Waals surface area (Å²) < 4.78 is 0. The lowest BCUT2D eigenvalue weighted by molar-refractivity contribution is -0.141. The number of H-pyrrole nitrogens is 1. The summed E-state index contributed by atoms with van der Waals surface area (Å²) in [6, 6.07) is 12.0. The largest absolute Gasteiger partial charge is 0.508 e. The van der Waals surface area contributed by atoms with Gasteiger partial charge in [0.2, 0.25) is 17.7 Å².